The van der Waals surface area contributed by atoms with Gasteiger partial charge in [-0.25, -0.2) is 0 Å². The summed E-state index contributed by atoms with van der Waals surface area (Å²) >= 11 is 0. The van der Waals surface area contributed by atoms with Crippen molar-refractivity contribution in [1.29, 1.82) is 0 Å². The third-order valence-corrected chi connectivity index (χ3v) is 2.88. The van der Waals surface area contributed by atoms with E-state index in [9.17, 15) is 4.79 Å². The van der Waals surface area contributed by atoms with Crippen molar-refractivity contribution in [1.82, 2.24) is 5.32 Å². The van der Waals surface area contributed by atoms with E-state index in [4.69, 9.17) is 0 Å². The summed E-state index contributed by atoms with van der Waals surface area (Å²) in [6.07, 6.45) is 8.46. The molecule has 2 bridgehead atoms. The Morgan fingerprint density at radius 1 is 1.69 bits per heavy atom. The van der Waals surface area contributed by atoms with Gasteiger partial charge in [-0.3, -0.25) is 4.79 Å². The van der Waals surface area contributed by atoms with E-state index in [1.165, 1.54) is 5.57 Å². The summed E-state index contributed by atoms with van der Waals surface area (Å²) < 4.78 is 0. The summed E-state index contributed by atoms with van der Waals surface area (Å²) in [7, 11) is 0. The van der Waals surface area contributed by atoms with Crippen LogP contribution in [0.3, 0.4) is 0 Å². The second kappa shape index (κ2) is 3.36. The normalized spacial score (nSPS) is 30.2. The van der Waals surface area contributed by atoms with Gasteiger partial charge in [-0.1, -0.05) is 17.7 Å². The lowest BCUT2D eigenvalue weighted by molar-refractivity contribution is -0.121. The van der Waals surface area contributed by atoms with Gasteiger partial charge in [-0.15, -0.1) is 6.58 Å². The molecule has 1 aliphatic carbocycles. The molecule has 70 valence electrons. The van der Waals surface area contributed by atoms with Crippen LogP contribution in [0.5, 0.6) is 0 Å². The number of nitrogens with one attached hydrogen (secondary N) is 1. The van der Waals surface area contributed by atoms with Crippen LogP contribution in [0.25, 0.3) is 0 Å². The zero-order chi connectivity index (χ0) is 9.26. The number of unbranched alkanes of at least 4 members (excludes halogenated alkanes) is 1. The van der Waals surface area contributed by atoms with Crippen molar-refractivity contribution in [2.75, 3.05) is 0 Å². The highest BCUT2D eigenvalue weighted by Gasteiger charge is 2.37. The number of rotatable bonds is 4. The highest BCUT2D eigenvalue weighted by atomic mass is 16.2. The minimum absolute atomic E-state index is 0.184. The fourth-order valence-electron chi connectivity index (χ4n) is 2.17. The van der Waals surface area contributed by atoms with Crippen molar-refractivity contribution in [3.63, 3.8) is 0 Å². The van der Waals surface area contributed by atoms with Gasteiger partial charge in [0, 0.05) is 0 Å². The molecule has 0 unspecified atom stereocenters. The molecule has 0 aromatic heterocycles. The minimum atomic E-state index is 0.184. The third-order valence-electron chi connectivity index (χ3n) is 2.88. The van der Waals surface area contributed by atoms with Crippen LogP contribution < -0.4 is 5.32 Å². The van der Waals surface area contributed by atoms with Crippen molar-refractivity contribution >= 4 is 5.91 Å². The van der Waals surface area contributed by atoms with E-state index < -0.39 is 0 Å². The molecule has 0 radical (unpaired) electrons. The van der Waals surface area contributed by atoms with Gasteiger partial charge in [0.05, 0.1) is 12.0 Å². The molecule has 13 heavy (non-hydrogen) atoms. The highest BCUT2D eigenvalue weighted by Crippen LogP contribution is 2.33. The van der Waals surface area contributed by atoms with E-state index in [2.05, 4.69) is 18.0 Å². The first-order chi connectivity index (χ1) is 6.31. The summed E-state index contributed by atoms with van der Waals surface area (Å²) in [6.45, 7) is 3.70. The zero-order valence-electron chi connectivity index (χ0n) is 7.75. The standard InChI is InChI=1S/C11H15NO/c1-2-3-4-5-8-6-9-7-10(8)12-11(9)13/h2,6,9-10H,1,3-5,7H2,(H,12,13)/t9-,10-/m0/s1. The SMILES string of the molecule is C=CCCCC1=C[C@H]2C[C@@H]1NC2=O. The number of carbonyl (C=O) groups is 1. The summed E-state index contributed by atoms with van der Waals surface area (Å²) in [5.74, 6) is 0.404. The first-order valence-electron chi connectivity index (χ1n) is 4.93. The molecule has 2 rings (SSSR count). The molecule has 2 nitrogen and oxygen atoms in total. The minimum Gasteiger partial charge on any atom is -0.349 e. The fraction of sp³-hybridized carbons (Fsp3) is 0.545. The molecule has 2 atom stereocenters. The van der Waals surface area contributed by atoms with Gasteiger partial charge < -0.3 is 5.32 Å². The predicted octanol–water partition coefficient (Wildman–Crippen LogP) is 1.79. The maximum atomic E-state index is 11.1. The quantitative estimate of drug-likeness (QED) is 0.515. The second-order valence-corrected chi connectivity index (χ2v) is 3.83. The van der Waals surface area contributed by atoms with Gasteiger partial charge in [-0.2, -0.15) is 0 Å². The lowest BCUT2D eigenvalue weighted by atomic mass is 10.0. The molecule has 1 aliphatic heterocycles. The van der Waals surface area contributed by atoms with E-state index >= 15 is 0 Å². The number of hydrogen-bond acceptors (Lipinski definition) is 1. The van der Waals surface area contributed by atoms with Gasteiger partial charge in [-0.05, 0) is 25.7 Å². The summed E-state index contributed by atoms with van der Waals surface area (Å²) in [6, 6.07) is 0.363. The lowest BCUT2D eigenvalue weighted by Gasteiger charge is -2.14. The number of allylic oxidation sites excluding steroid dienone is 1. The van der Waals surface area contributed by atoms with Crippen LogP contribution >= 0.6 is 0 Å². The van der Waals surface area contributed by atoms with Gasteiger partial charge in [0.1, 0.15) is 0 Å². The van der Waals surface area contributed by atoms with Crippen LogP contribution in [0.1, 0.15) is 25.7 Å². The molecule has 1 saturated heterocycles. The molecule has 0 aromatic carbocycles. The van der Waals surface area contributed by atoms with E-state index in [0.717, 1.165) is 25.7 Å². The molecule has 2 aliphatic rings. The third kappa shape index (κ3) is 1.53. The van der Waals surface area contributed by atoms with E-state index in [0.29, 0.717) is 6.04 Å². The van der Waals surface area contributed by atoms with Crippen LogP contribution in [0.4, 0.5) is 0 Å². The molecular weight excluding hydrogens is 162 g/mol. The van der Waals surface area contributed by atoms with Gasteiger partial charge >= 0.3 is 0 Å². The Kier molecular flexibility index (Phi) is 2.21. The van der Waals surface area contributed by atoms with Crippen LogP contribution in [-0.4, -0.2) is 11.9 Å². The Bertz CT molecular complexity index is 267. The molecule has 1 amide bonds. The zero-order valence-corrected chi connectivity index (χ0v) is 7.75. The number of carbonyl (C=O) groups excluding carboxylic acids is 1. The molecular formula is C11H15NO. The van der Waals surface area contributed by atoms with Crippen LogP contribution in [-0.2, 0) is 4.79 Å². The molecule has 1 fully saturated rings. The highest BCUT2D eigenvalue weighted by molar-refractivity contribution is 5.85. The summed E-state index contributed by atoms with van der Waals surface area (Å²) in [5.41, 5.74) is 1.44. The fourth-order valence-corrected chi connectivity index (χ4v) is 2.17. The lowest BCUT2D eigenvalue weighted by Crippen LogP contribution is -2.30. The van der Waals surface area contributed by atoms with Crippen molar-refractivity contribution in [2.45, 2.75) is 31.7 Å². The maximum Gasteiger partial charge on any atom is 0.227 e. The first kappa shape index (κ1) is 8.54. The Labute approximate surface area is 78.7 Å². The second-order valence-electron chi connectivity index (χ2n) is 3.83. The summed E-state index contributed by atoms with van der Waals surface area (Å²) in [5, 5.41) is 3.00. The maximum absolute atomic E-state index is 11.1. The predicted molar refractivity (Wildman–Crippen MR) is 52.2 cm³/mol. The molecule has 1 heterocycles. The number of amides is 1. The Morgan fingerprint density at radius 2 is 2.54 bits per heavy atom. The molecule has 0 aromatic rings. The first-order valence-corrected chi connectivity index (χ1v) is 4.93. The van der Waals surface area contributed by atoms with Gasteiger partial charge in [0.2, 0.25) is 5.91 Å². The van der Waals surface area contributed by atoms with Gasteiger partial charge in [0.15, 0.2) is 0 Å². The molecule has 0 spiro atoms. The Balaban J connectivity index is 1.89. The van der Waals surface area contributed by atoms with Crippen LogP contribution in [0.15, 0.2) is 24.3 Å². The topological polar surface area (TPSA) is 29.1 Å². The van der Waals surface area contributed by atoms with E-state index in [1.807, 2.05) is 6.08 Å². The van der Waals surface area contributed by atoms with Crippen molar-refractivity contribution in [3.05, 3.63) is 24.3 Å². The summed E-state index contributed by atoms with van der Waals surface area (Å²) in [4.78, 5) is 11.1. The largest absolute Gasteiger partial charge is 0.349 e. The Hall–Kier alpha value is -1.05. The van der Waals surface area contributed by atoms with Crippen LogP contribution in [0, 0.1) is 5.92 Å². The van der Waals surface area contributed by atoms with Gasteiger partial charge in [0.25, 0.3) is 0 Å². The van der Waals surface area contributed by atoms with Crippen molar-refractivity contribution in [3.8, 4) is 0 Å². The van der Waals surface area contributed by atoms with Crippen LogP contribution in [0.2, 0.25) is 0 Å². The number of hydrogen-bond donors (Lipinski definition) is 1. The van der Waals surface area contributed by atoms with E-state index in [1.54, 1.807) is 0 Å². The molecule has 0 saturated carbocycles. The average molecular weight is 177 g/mol. The van der Waals surface area contributed by atoms with Crippen molar-refractivity contribution in [2.24, 2.45) is 5.92 Å². The molecule has 2 heteroatoms. The molecule has 1 N–H and O–H groups in total. The van der Waals surface area contributed by atoms with Crippen molar-refractivity contribution < 1.29 is 4.79 Å². The van der Waals surface area contributed by atoms with E-state index in [-0.39, 0.29) is 11.8 Å². The smallest absolute Gasteiger partial charge is 0.227 e. The monoisotopic (exact) mass is 177 g/mol. The number of fused-ring (bicyclic) bond motifs is 2. The average Bonchev–Trinajstić information content (AvgIpc) is 2.63. The Morgan fingerprint density at radius 3 is 3.08 bits per heavy atom.